The lowest BCUT2D eigenvalue weighted by atomic mass is 9.77. The van der Waals surface area contributed by atoms with Crippen molar-refractivity contribution in [1.29, 1.82) is 0 Å². The molecule has 7 heteroatoms. The molecular weight excluding hydrogens is 472 g/mol. The summed E-state index contributed by atoms with van der Waals surface area (Å²) in [4.78, 5) is 33.5. The van der Waals surface area contributed by atoms with Gasteiger partial charge in [-0.25, -0.2) is 4.79 Å². The van der Waals surface area contributed by atoms with E-state index in [4.69, 9.17) is 14.6 Å². The molecule has 37 heavy (non-hydrogen) atoms. The van der Waals surface area contributed by atoms with Crippen LogP contribution in [0.5, 0.6) is 0 Å². The third-order valence-corrected chi connectivity index (χ3v) is 7.73. The van der Waals surface area contributed by atoms with Crippen molar-refractivity contribution in [3.8, 4) is 0 Å². The first-order chi connectivity index (χ1) is 17.5. The summed E-state index contributed by atoms with van der Waals surface area (Å²) in [5, 5.41) is 18.0. The van der Waals surface area contributed by atoms with E-state index in [2.05, 4.69) is 0 Å². The molecule has 0 rings (SSSR count). The summed E-state index contributed by atoms with van der Waals surface area (Å²) in [6, 6.07) is 0. The van der Waals surface area contributed by atoms with Crippen molar-refractivity contribution < 1.29 is 34.1 Å². The van der Waals surface area contributed by atoms with E-state index in [0.717, 1.165) is 38.5 Å². The smallest absolute Gasteiger partial charge is 0.311 e. The van der Waals surface area contributed by atoms with E-state index in [1.807, 2.05) is 12.9 Å². The monoisotopic (exact) mass is 526 g/mol. The predicted molar refractivity (Wildman–Crippen MR) is 148 cm³/mol. The molecule has 0 aromatic rings. The molecule has 0 amide bonds. The summed E-state index contributed by atoms with van der Waals surface area (Å²) < 4.78 is 11.5. The molecule has 7 nitrogen and oxygen atoms in total. The zero-order valence-electron chi connectivity index (χ0n) is 24.2. The fourth-order valence-corrected chi connectivity index (χ4v) is 5.10. The molecule has 0 radical (unpaired) electrons. The standard InChI is InChI=1S/C30H54O7/c1-25(28(34)35)26(23-31)30(3,37-5)24-29(2,36-4)22-20-18-16-14-12-10-8-6-7-9-11-13-15-17-19-21-27(32)33/h25H,6-22,24H2,1-5H3,(H,32,33)(H,34,35). The number of carboxylic acids is 2. The highest BCUT2D eigenvalue weighted by atomic mass is 16.5. The zero-order valence-corrected chi connectivity index (χ0v) is 24.2. The van der Waals surface area contributed by atoms with Crippen LogP contribution in [0, 0.1) is 5.92 Å². The van der Waals surface area contributed by atoms with Gasteiger partial charge in [0, 0.05) is 27.1 Å². The van der Waals surface area contributed by atoms with Crippen molar-refractivity contribution in [3.05, 3.63) is 5.57 Å². The van der Waals surface area contributed by atoms with Crippen LogP contribution in [0.1, 0.15) is 136 Å². The van der Waals surface area contributed by atoms with Crippen LogP contribution < -0.4 is 0 Å². The highest BCUT2D eigenvalue weighted by molar-refractivity contribution is 5.78. The molecule has 0 heterocycles. The van der Waals surface area contributed by atoms with Gasteiger partial charge in [-0.3, -0.25) is 9.59 Å². The number of carbonyl (C=O) groups is 2. The molecule has 3 unspecified atom stereocenters. The number of carbonyl (C=O) groups excluding carboxylic acids is 1. The van der Waals surface area contributed by atoms with Crippen molar-refractivity contribution in [2.24, 2.45) is 5.92 Å². The number of unbranched alkanes of at least 4 members (excludes halogenated alkanes) is 14. The van der Waals surface area contributed by atoms with E-state index in [9.17, 15) is 19.5 Å². The van der Waals surface area contributed by atoms with E-state index in [0.29, 0.717) is 12.8 Å². The number of hydrogen-bond acceptors (Lipinski definition) is 5. The normalized spacial score (nSPS) is 15.4. The summed E-state index contributed by atoms with van der Waals surface area (Å²) in [5.74, 6) is -0.884. The molecule has 0 fully saturated rings. The van der Waals surface area contributed by atoms with Gasteiger partial charge in [0.05, 0.1) is 17.1 Å². The number of rotatable bonds is 25. The van der Waals surface area contributed by atoms with Crippen LogP contribution in [-0.2, 0) is 23.9 Å². The second kappa shape index (κ2) is 20.3. The van der Waals surface area contributed by atoms with Gasteiger partial charge < -0.3 is 19.7 Å². The van der Waals surface area contributed by atoms with Crippen LogP contribution in [0.25, 0.3) is 0 Å². The Morgan fingerprint density at radius 3 is 1.46 bits per heavy atom. The number of hydrogen-bond donors (Lipinski definition) is 2. The van der Waals surface area contributed by atoms with Gasteiger partial charge >= 0.3 is 11.9 Å². The molecule has 0 aliphatic heterocycles. The lowest BCUT2D eigenvalue weighted by molar-refractivity contribution is -0.141. The largest absolute Gasteiger partial charge is 0.481 e. The lowest BCUT2D eigenvalue weighted by Crippen LogP contribution is -2.44. The third-order valence-electron chi connectivity index (χ3n) is 7.73. The first-order valence-corrected chi connectivity index (χ1v) is 14.4. The highest BCUT2D eigenvalue weighted by Gasteiger charge is 2.42. The molecule has 0 spiro atoms. The molecule has 0 aromatic carbocycles. The third kappa shape index (κ3) is 16.0. The summed E-state index contributed by atoms with van der Waals surface area (Å²) in [6.45, 7) is 5.23. The number of ether oxygens (including phenoxy) is 2. The zero-order chi connectivity index (χ0) is 28.2. The van der Waals surface area contributed by atoms with E-state index >= 15 is 0 Å². The number of carboxylic acid groups (broad SMARTS) is 2. The van der Waals surface area contributed by atoms with Gasteiger partial charge in [-0.2, -0.15) is 0 Å². The molecule has 0 aliphatic rings. The molecule has 0 saturated carbocycles. The summed E-state index contributed by atoms with van der Waals surface area (Å²) in [5.41, 5.74) is -1.46. The minimum absolute atomic E-state index is 0.110. The lowest BCUT2D eigenvalue weighted by Gasteiger charge is -2.39. The van der Waals surface area contributed by atoms with Crippen molar-refractivity contribution in [3.63, 3.8) is 0 Å². The van der Waals surface area contributed by atoms with E-state index in [1.54, 1.807) is 14.0 Å². The van der Waals surface area contributed by atoms with Crippen molar-refractivity contribution >= 4 is 17.9 Å². The molecule has 0 aliphatic carbocycles. The Balaban J connectivity index is 4.01. The van der Waals surface area contributed by atoms with Gasteiger partial charge in [-0.05, 0) is 33.6 Å². The van der Waals surface area contributed by atoms with E-state index in [1.165, 1.54) is 78.2 Å². The quantitative estimate of drug-likeness (QED) is 0.0943. The minimum Gasteiger partial charge on any atom is -0.481 e. The van der Waals surface area contributed by atoms with Gasteiger partial charge in [0.1, 0.15) is 11.5 Å². The van der Waals surface area contributed by atoms with Crippen molar-refractivity contribution in [1.82, 2.24) is 0 Å². The van der Waals surface area contributed by atoms with Crippen molar-refractivity contribution in [2.75, 3.05) is 14.2 Å². The first-order valence-electron chi connectivity index (χ1n) is 14.4. The highest BCUT2D eigenvalue weighted by Crippen LogP contribution is 2.37. The predicted octanol–water partition coefficient (Wildman–Crippen LogP) is 7.38. The fraction of sp³-hybridized carbons (Fsp3) is 0.867. The summed E-state index contributed by atoms with van der Waals surface area (Å²) >= 11 is 0. The van der Waals surface area contributed by atoms with Crippen LogP contribution in [0.4, 0.5) is 0 Å². The maximum Gasteiger partial charge on any atom is 0.311 e. The Bertz CT molecular complexity index is 685. The van der Waals surface area contributed by atoms with Crippen LogP contribution >= 0.6 is 0 Å². The Labute approximate surface area is 225 Å². The van der Waals surface area contributed by atoms with Crippen LogP contribution in [-0.4, -0.2) is 53.5 Å². The average Bonchev–Trinajstić information content (AvgIpc) is 2.85. The van der Waals surface area contributed by atoms with Gasteiger partial charge in [0.2, 0.25) is 0 Å². The van der Waals surface area contributed by atoms with Crippen LogP contribution in [0.2, 0.25) is 0 Å². The second-order valence-corrected chi connectivity index (χ2v) is 11.0. The molecule has 0 aromatic heterocycles. The van der Waals surface area contributed by atoms with E-state index < -0.39 is 29.1 Å². The van der Waals surface area contributed by atoms with Gasteiger partial charge in [-0.1, -0.05) is 89.9 Å². The van der Waals surface area contributed by atoms with Crippen LogP contribution in [0.15, 0.2) is 5.57 Å². The molecule has 2 N–H and O–H groups in total. The SMILES string of the molecule is COC(C)(CCCCCCCCCCCCCCCCCC(=O)O)CC(C)(OC)C(=C=O)C(C)C(=O)O. The maximum atomic E-state index is 11.6. The van der Waals surface area contributed by atoms with Crippen LogP contribution in [0.3, 0.4) is 0 Å². The van der Waals surface area contributed by atoms with Gasteiger partial charge in [0.15, 0.2) is 0 Å². The Morgan fingerprint density at radius 1 is 0.730 bits per heavy atom. The minimum atomic E-state index is -1.07. The molecule has 216 valence electrons. The summed E-state index contributed by atoms with van der Waals surface area (Å²) in [7, 11) is 3.15. The van der Waals surface area contributed by atoms with E-state index in [-0.39, 0.29) is 5.57 Å². The molecular formula is C30H54O7. The Hall–Kier alpha value is -1.69. The topological polar surface area (TPSA) is 110 Å². The molecule has 3 atom stereocenters. The van der Waals surface area contributed by atoms with Gasteiger partial charge in [-0.15, -0.1) is 0 Å². The molecule has 0 bridgehead atoms. The Kier molecular flexibility index (Phi) is 19.4. The number of methoxy groups -OCH3 is 2. The maximum absolute atomic E-state index is 11.6. The average molecular weight is 527 g/mol. The van der Waals surface area contributed by atoms with Gasteiger partial charge in [0.25, 0.3) is 0 Å². The fourth-order valence-electron chi connectivity index (χ4n) is 5.10. The summed E-state index contributed by atoms with van der Waals surface area (Å²) in [6.07, 6.45) is 19.3. The van der Waals surface area contributed by atoms with Crippen molar-refractivity contribution in [2.45, 2.75) is 148 Å². The second-order valence-electron chi connectivity index (χ2n) is 11.0. The number of aliphatic carboxylic acids is 2. The first kappa shape index (κ1) is 35.3. The Morgan fingerprint density at radius 2 is 1.14 bits per heavy atom. The molecule has 0 saturated heterocycles.